The highest BCUT2D eigenvalue weighted by Gasteiger charge is 2.27. The lowest BCUT2D eigenvalue weighted by atomic mass is 9.93. The van der Waals surface area contributed by atoms with Gasteiger partial charge in [-0.3, -0.25) is 9.89 Å². The molecule has 2 N–H and O–H groups in total. The molecule has 2 aromatic rings. The van der Waals surface area contributed by atoms with Crippen molar-refractivity contribution in [3.63, 3.8) is 0 Å². The third kappa shape index (κ3) is 4.86. The zero-order chi connectivity index (χ0) is 19.8. The number of hydrogen-bond donors (Lipinski definition) is 2. The van der Waals surface area contributed by atoms with Gasteiger partial charge in [0.2, 0.25) is 5.88 Å². The second-order valence-electron chi connectivity index (χ2n) is 6.12. The Kier molecular flexibility index (Phi) is 6.96. The first-order valence-corrected chi connectivity index (χ1v) is 9.47. The Hall–Kier alpha value is -2.94. The average molecular weight is 387 g/mol. The van der Waals surface area contributed by atoms with Crippen molar-refractivity contribution in [1.29, 1.82) is 0 Å². The highest BCUT2D eigenvalue weighted by Crippen LogP contribution is 2.24. The zero-order valence-electron chi connectivity index (χ0n) is 16.2. The molecule has 2 aromatic heterocycles. The summed E-state index contributed by atoms with van der Waals surface area (Å²) in [6.07, 6.45) is 4.07. The fourth-order valence-electron chi connectivity index (χ4n) is 2.90. The first kappa shape index (κ1) is 19.8. The van der Waals surface area contributed by atoms with Gasteiger partial charge in [0.1, 0.15) is 13.2 Å². The fourth-order valence-corrected chi connectivity index (χ4v) is 2.90. The zero-order valence-corrected chi connectivity index (χ0v) is 16.2. The van der Waals surface area contributed by atoms with E-state index in [0.717, 1.165) is 36.2 Å². The molecule has 0 unspecified atom stereocenters. The molecule has 9 heteroatoms. The molecule has 1 amide bonds. The predicted octanol–water partition coefficient (Wildman–Crippen LogP) is 2.55. The lowest BCUT2D eigenvalue weighted by Crippen LogP contribution is -2.19. The molecule has 0 saturated carbocycles. The van der Waals surface area contributed by atoms with E-state index in [0.29, 0.717) is 43.7 Å². The number of H-pyrrole nitrogens is 1. The number of rotatable bonds is 9. The number of fused-ring (bicyclic) bond motifs is 1. The number of aryl methyl sites for hydroxylation is 1. The molecule has 150 valence electrons. The van der Waals surface area contributed by atoms with Crippen molar-refractivity contribution in [1.82, 2.24) is 15.2 Å². The van der Waals surface area contributed by atoms with Gasteiger partial charge in [-0.25, -0.2) is 4.98 Å². The van der Waals surface area contributed by atoms with Crippen molar-refractivity contribution >= 4 is 17.3 Å². The highest BCUT2D eigenvalue weighted by molar-refractivity contribution is 6.13. The minimum Gasteiger partial charge on any atom is -0.475 e. The summed E-state index contributed by atoms with van der Waals surface area (Å²) in [6.45, 7) is 5.85. The van der Waals surface area contributed by atoms with Gasteiger partial charge < -0.3 is 19.6 Å². The molecular weight excluding hydrogens is 362 g/mol. The molecule has 0 bridgehead atoms. The molecule has 0 radical (unpaired) electrons. The molecular formula is C19H25N5O4. The van der Waals surface area contributed by atoms with Crippen LogP contribution in [0.3, 0.4) is 0 Å². The molecule has 0 aliphatic heterocycles. The molecule has 28 heavy (non-hydrogen) atoms. The molecule has 0 fully saturated rings. The van der Waals surface area contributed by atoms with E-state index in [1.54, 1.807) is 18.3 Å². The van der Waals surface area contributed by atoms with Crippen molar-refractivity contribution in [3.8, 4) is 5.88 Å². The third-order valence-electron chi connectivity index (χ3n) is 4.17. The number of nitrogens with one attached hydrogen (secondary N) is 2. The van der Waals surface area contributed by atoms with Crippen LogP contribution in [0.1, 0.15) is 48.4 Å². The molecule has 3 rings (SSSR count). The minimum absolute atomic E-state index is 0.310. The maximum atomic E-state index is 12.7. The molecule has 1 aliphatic rings. The number of nitrogens with zero attached hydrogens (tertiary/aromatic N) is 3. The molecule has 0 saturated heterocycles. The Morgan fingerprint density at radius 1 is 1.25 bits per heavy atom. The van der Waals surface area contributed by atoms with E-state index < -0.39 is 0 Å². The number of carbonyl (C=O) groups excluding carboxylic acids is 1. The first-order chi connectivity index (χ1) is 13.7. The summed E-state index contributed by atoms with van der Waals surface area (Å²) in [7, 11) is 0. The van der Waals surface area contributed by atoms with Crippen LogP contribution in [0, 0.1) is 0 Å². The van der Waals surface area contributed by atoms with Crippen LogP contribution in [0.4, 0.5) is 5.69 Å². The van der Waals surface area contributed by atoms with Gasteiger partial charge in [-0.1, -0.05) is 5.16 Å². The summed E-state index contributed by atoms with van der Waals surface area (Å²) in [5.41, 5.74) is 3.26. The molecule has 0 atom stereocenters. The van der Waals surface area contributed by atoms with Gasteiger partial charge in [-0.05, 0) is 39.2 Å². The number of hydrogen-bond acceptors (Lipinski definition) is 7. The number of ether oxygens (including phenoxy) is 2. The van der Waals surface area contributed by atoms with Gasteiger partial charge >= 0.3 is 0 Å². The normalized spacial score (nSPS) is 14.6. The van der Waals surface area contributed by atoms with Gasteiger partial charge in [0.05, 0.1) is 29.8 Å². The van der Waals surface area contributed by atoms with Crippen LogP contribution < -0.4 is 10.1 Å². The number of aromatic amines is 1. The molecule has 0 aromatic carbocycles. The van der Waals surface area contributed by atoms with Crippen LogP contribution in [0.25, 0.3) is 0 Å². The van der Waals surface area contributed by atoms with Crippen molar-refractivity contribution in [2.45, 2.75) is 33.1 Å². The van der Waals surface area contributed by atoms with E-state index in [2.05, 4.69) is 25.7 Å². The number of pyridine rings is 1. The van der Waals surface area contributed by atoms with Gasteiger partial charge in [0, 0.05) is 18.4 Å². The van der Waals surface area contributed by atoms with Gasteiger partial charge in [-0.2, -0.15) is 5.10 Å². The van der Waals surface area contributed by atoms with Crippen molar-refractivity contribution in [2.75, 3.05) is 31.7 Å². The van der Waals surface area contributed by atoms with E-state index in [4.69, 9.17) is 14.3 Å². The Bertz CT molecular complexity index is 816. The van der Waals surface area contributed by atoms with Crippen LogP contribution in [0.15, 0.2) is 23.5 Å². The summed E-state index contributed by atoms with van der Waals surface area (Å²) in [5.74, 6) is 0.149. The SMILES string of the molecule is CCOCCOc1ccc(NC(=O)c2n[nH]c3c2/C(=N/OCC)CCC3)cn1. The predicted molar refractivity (Wildman–Crippen MR) is 104 cm³/mol. The van der Waals surface area contributed by atoms with Crippen molar-refractivity contribution < 1.29 is 19.1 Å². The number of carbonyl (C=O) groups is 1. The van der Waals surface area contributed by atoms with Crippen LogP contribution in [0.2, 0.25) is 0 Å². The molecule has 9 nitrogen and oxygen atoms in total. The smallest absolute Gasteiger partial charge is 0.276 e. The van der Waals surface area contributed by atoms with E-state index in [-0.39, 0.29) is 5.91 Å². The Labute approximate surface area is 163 Å². The summed E-state index contributed by atoms with van der Waals surface area (Å²) in [4.78, 5) is 22.1. The fraction of sp³-hybridized carbons (Fsp3) is 0.474. The summed E-state index contributed by atoms with van der Waals surface area (Å²) in [6, 6.07) is 3.43. The second kappa shape index (κ2) is 9.84. The Morgan fingerprint density at radius 2 is 2.14 bits per heavy atom. The average Bonchev–Trinajstić information content (AvgIpc) is 3.16. The number of amides is 1. The summed E-state index contributed by atoms with van der Waals surface area (Å²) < 4.78 is 10.7. The highest BCUT2D eigenvalue weighted by atomic mass is 16.6. The summed E-state index contributed by atoms with van der Waals surface area (Å²) >= 11 is 0. The van der Waals surface area contributed by atoms with Gasteiger partial charge in [0.15, 0.2) is 5.69 Å². The minimum atomic E-state index is -0.324. The number of aromatic nitrogens is 3. The number of anilines is 1. The van der Waals surface area contributed by atoms with E-state index in [9.17, 15) is 4.79 Å². The Balaban J connectivity index is 1.66. The lowest BCUT2D eigenvalue weighted by molar-refractivity contribution is 0.102. The number of oxime groups is 1. The first-order valence-electron chi connectivity index (χ1n) is 9.47. The standard InChI is InChI=1S/C19H25N5O4/c1-3-26-10-11-27-16-9-8-13(12-20-16)21-19(25)18-17-14(22-23-18)6-5-7-15(17)24-28-4-2/h8-9,12H,3-7,10-11H2,1-2H3,(H,21,25)(H,22,23)/b24-15+. The maximum Gasteiger partial charge on any atom is 0.276 e. The lowest BCUT2D eigenvalue weighted by Gasteiger charge is -2.14. The van der Waals surface area contributed by atoms with E-state index in [1.807, 2.05) is 13.8 Å². The Morgan fingerprint density at radius 3 is 2.89 bits per heavy atom. The van der Waals surface area contributed by atoms with Crippen molar-refractivity contribution in [3.05, 3.63) is 35.3 Å². The van der Waals surface area contributed by atoms with Crippen LogP contribution in [0.5, 0.6) is 5.88 Å². The molecule has 0 spiro atoms. The topological polar surface area (TPSA) is 111 Å². The molecule has 1 aliphatic carbocycles. The third-order valence-corrected chi connectivity index (χ3v) is 4.17. The monoisotopic (exact) mass is 387 g/mol. The van der Waals surface area contributed by atoms with E-state index >= 15 is 0 Å². The van der Waals surface area contributed by atoms with Crippen LogP contribution in [-0.2, 0) is 16.0 Å². The van der Waals surface area contributed by atoms with E-state index in [1.165, 1.54) is 0 Å². The molecule has 2 heterocycles. The van der Waals surface area contributed by atoms with Crippen LogP contribution >= 0.6 is 0 Å². The van der Waals surface area contributed by atoms with Crippen LogP contribution in [-0.4, -0.2) is 53.2 Å². The van der Waals surface area contributed by atoms with Gasteiger partial charge in [-0.15, -0.1) is 0 Å². The maximum absolute atomic E-state index is 12.7. The summed E-state index contributed by atoms with van der Waals surface area (Å²) in [5, 5.41) is 14.1. The van der Waals surface area contributed by atoms with Gasteiger partial charge in [0.25, 0.3) is 5.91 Å². The van der Waals surface area contributed by atoms with Crippen molar-refractivity contribution in [2.24, 2.45) is 5.16 Å². The quantitative estimate of drug-likeness (QED) is 0.505. The largest absolute Gasteiger partial charge is 0.475 e. The second-order valence-corrected chi connectivity index (χ2v) is 6.12.